The van der Waals surface area contributed by atoms with Crippen LogP contribution < -0.4 is 10.6 Å². The molecule has 0 bridgehead atoms. The smallest absolute Gasteiger partial charge is 0.315 e. The highest BCUT2D eigenvalue weighted by Crippen LogP contribution is 2.37. The fraction of sp³-hybridized carbons (Fsp3) is 0.500. The van der Waals surface area contributed by atoms with Crippen LogP contribution in [0.25, 0.3) is 5.69 Å². The number of aromatic nitrogens is 3. The van der Waals surface area contributed by atoms with Crippen LogP contribution in [0.5, 0.6) is 0 Å². The third kappa shape index (κ3) is 3.99. The summed E-state index contributed by atoms with van der Waals surface area (Å²) in [5, 5.41) is 13.9. The predicted octanol–water partition coefficient (Wildman–Crippen LogP) is 2.41. The molecule has 1 saturated heterocycles. The molecule has 1 aromatic heterocycles. The summed E-state index contributed by atoms with van der Waals surface area (Å²) in [5.74, 6) is 0.670. The van der Waals surface area contributed by atoms with Gasteiger partial charge in [-0.05, 0) is 46.2 Å². The fourth-order valence-corrected chi connectivity index (χ4v) is 3.34. The lowest BCUT2D eigenvalue weighted by Crippen LogP contribution is -2.49. The highest BCUT2D eigenvalue weighted by molar-refractivity contribution is 5.74. The SMILES string of the molecule is CC1(C)C[C@H](NC(=O)NCc2nncn2-c2ccccc2)C(C)(C)O1. The van der Waals surface area contributed by atoms with Crippen LogP contribution in [-0.4, -0.2) is 38.0 Å². The maximum absolute atomic E-state index is 12.3. The quantitative estimate of drug-likeness (QED) is 0.893. The van der Waals surface area contributed by atoms with E-state index in [1.54, 1.807) is 6.33 Å². The van der Waals surface area contributed by atoms with Gasteiger partial charge >= 0.3 is 6.03 Å². The maximum atomic E-state index is 12.3. The zero-order chi connectivity index (χ0) is 18.1. The van der Waals surface area contributed by atoms with Gasteiger partial charge in [0.2, 0.25) is 0 Å². The second kappa shape index (κ2) is 6.48. The number of nitrogens with zero attached hydrogens (tertiary/aromatic N) is 3. The van der Waals surface area contributed by atoms with Crippen molar-refractivity contribution in [3.8, 4) is 5.69 Å². The lowest BCUT2D eigenvalue weighted by molar-refractivity contribution is -0.0690. The molecule has 0 saturated carbocycles. The third-order valence-corrected chi connectivity index (χ3v) is 4.44. The Hall–Kier alpha value is -2.41. The summed E-state index contributed by atoms with van der Waals surface area (Å²) in [6, 6.07) is 9.50. The number of nitrogens with one attached hydrogen (secondary N) is 2. The second-order valence-corrected chi connectivity index (χ2v) is 7.50. The van der Waals surface area contributed by atoms with E-state index >= 15 is 0 Å². The molecule has 1 aliphatic heterocycles. The van der Waals surface area contributed by atoms with Crippen molar-refractivity contribution in [1.82, 2.24) is 25.4 Å². The van der Waals surface area contributed by atoms with Gasteiger partial charge in [0.15, 0.2) is 5.82 Å². The zero-order valence-electron chi connectivity index (χ0n) is 15.1. The van der Waals surface area contributed by atoms with Crippen LogP contribution in [0.15, 0.2) is 36.7 Å². The molecular formula is C18H25N5O2. The molecule has 0 radical (unpaired) electrons. The van der Waals surface area contributed by atoms with E-state index in [9.17, 15) is 4.79 Å². The number of ether oxygens (including phenoxy) is 1. The Morgan fingerprint density at radius 1 is 1.28 bits per heavy atom. The summed E-state index contributed by atoms with van der Waals surface area (Å²) in [6.07, 6.45) is 2.41. The van der Waals surface area contributed by atoms with E-state index < -0.39 is 5.60 Å². The molecule has 2 heterocycles. The molecule has 1 fully saturated rings. The first kappa shape index (κ1) is 17.4. The molecule has 25 heavy (non-hydrogen) atoms. The van der Waals surface area contributed by atoms with Gasteiger partial charge in [0.1, 0.15) is 6.33 Å². The number of para-hydroxylation sites is 1. The highest BCUT2D eigenvalue weighted by Gasteiger charge is 2.46. The maximum Gasteiger partial charge on any atom is 0.315 e. The summed E-state index contributed by atoms with van der Waals surface area (Å²) in [6.45, 7) is 8.36. The van der Waals surface area contributed by atoms with Gasteiger partial charge < -0.3 is 15.4 Å². The summed E-state index contributed by atoms with van der Waals surface area (Å²) in [5.41, 5.74) is 0.316. The highest BCUT2D eigenvalue weighted by atomic mass is 16.5. The van der Waals surface area contributed by atoms with E-state index in [1.807, 2.05) is 62.6 Å². The number of urea groups is 1. The topological polar surface area (TPSA) is 81.1 Å². The summed E-state index contributed by atoms with van der Waals surface area (Å²) in [4.78, 5) is 12.3. The van der Waals surface area contributed by atoms with E-state index in [2.05, 4.69) is 20.8 Å². The minimum Gasteiger partial charge on any atom is -0.367 e. The summed E-state index contributed by atoms with van der Waals surface area (Å²) < 4.78 is 7.86. The number of benzene rings is 1. The van der Waals surface area contributed by atoms with Crippen molar-refractivity contribution in [3.63, 3.8) is 0 Å². The van der Waals surface area contributed by atoms with Crippen LogP contribution in [-0.2, 0) is 11.3 Å². The van der Waals surface area contributed by atoms with Crippen molar-refractivity contribution in [3.05, 3.63) is 42.5 Å². The van der Waals surface area contributed by atoms with Gasteiger partial charge in [0.05, 0.1) is 23.8 Å². The largest absolute Gasteiger partial charge is 0.367 e. The van der Waals surface area contributed by atoms with Crippen LogP contribution in [0, 0.1) is 0 Å². The number of carbonyl (C=O) groups is 1. The van der Waals surface area contributed by atoms with E-state index in [1.165, 1.54) is 0 Å². The molecule has 134 valence electrons. The Morgan fingerprint density at radius 2 is 2.00 bits per heavy atom. The number of hydrogen-bond donors (Lipinski definition) is 2. The predicted molar refractivity (Wildman–Crippen MR) is 94.4 cm³/mol. The normalized spacial score (nSPS) is 21.0. The first-order valence-electron chi connectivity index (χ1n) is 8.46. The van der Waals surface area contributed by atoms with Crippen molar-refractivity contribution in [2.45, 2.75) is 57.9 Å². The standard InChI is InChI=1S/C18H25N5O2/c1-17(2)10-14(18(3,4)25-17)21-16(24)19-11-15-22-20-12-23(15)13-8-6-5-7-9-13/h5-9,12,14H,10-11H2,1-4H3,(H2,19,21,24)/t14-/m0/s1. The average molecular weight is 343 g/mol. The van der Waals surface area contributed by atoms with Crippen molar-refractivity contribution in [2.24, 2.45) is 0 Å². The van der Waals surface area contributed by atoms with Crippen LogP contribution in [0.2, 0.25) is 0 Å². The summed E-state index contributed by atoms with van der Waals surface area (Å²) >= 11 is 0. The van der Waals surface area contributed by atoms with Gasteiger partial charge in [-0.15, -0.1) is 10.2 Å². The van der Waals surface area contributed by atoms with Gasteiger partial charge in [0, 0.05) is 5.69 Å². The van der Waals surface area contributed by atoms with Crippen LogP contribution >= 0.6 is 0 Å². The molecule has 1 atom stereocenters. The van der Waals surface area contributed by atoms with Gasteiger partial charge in [0.25, 0.3) is 0 Å². The number of amides is 2. The van der Waals surface area contributed by atoms with E-state index in [0.29, 0.717) is 5.82 Å². The lowest BCUT2D eigenvalue weighted by Gasteiger charge is -2.27. The molecular weight excluding hydrogens is 318 g/mol. The molecule has 2 aromatic rings. The Balaban J connectivity index is 1.60. The number of rotatable bonds is 4. The fourth-order valence-electron chi connectivity index (χ4n) is 3.34. The number of hydrogen-bond acceptors (Lipinski definition) is 4. The van der Waals surface area contributed by atoms with Gasteiger partial charge in [-0.25, -0.2) is 4.79 Å². The average Bonchev–Trinajstić information content (AvgIpc) is 3.07. The zero-order valence-corrected chi connectivity index (χ0v) is 15.1. The van der Waals surface area contributed by atoms with Crippen LogP contribution in [0.4, 0.5) is 4.79 Å². The molecule has 2 amide bonds. The van der Waals surface area contributed by atoms with Gasteiger partial charge in [-0.3, -0.25) is 4.57 Å². The lowest BCUT2D eigenvalue weighted by atomic mass is 9.95. The Bertz CT molecular complexity index is 739. The Labute approximate surface area is 147 Å². The minimum absolute atomic E-state index is 0.0468. The van der Waals surface area contributed by atoms with Crippen LogP contribution in [0.1, 0.15) is 39.9 Å². The van der Waals surface area contributed by atoms with Crippen molar-refractivity contribution >= 4 is 6.03 Å². The van der Waals surface area contributed by atoms with Gasteiger partial charge in [-0.1, -0.05) is 18.2 Å². The second-order valence-electron chi connectivity index (χ2n) is 7.50. The molecule has 1 aliphatic rings. The van der Waals surface area contributed by atoms with Crippen molar-refractivity contribution < 1.29 is 9.53 Å². The van der Waals surface area contributed by atoms with Crippen molar-refractivity contribution in [2.75, 3.05) is 0 Å². The monoisotopic (exact) mass is 343 g/mol. The molecule has 7 nitrogen and oxygen atoms in total. The molecule has 2 N–H and O–H groups in total. The van der Waals surface area contributed by atoms with Crippen molar-refractivity contribution in [1.29, 1.82) is 0 Å². The van der Waals surface area contributed by atoms with E-state index in [4.69, 9.17) is 4.74 Å². The third-order valence-electron chi connectivity index (χ3n) is 4.44. The van der Waals surface area contributed by atoms with E-state index in [-0.39, 0.29) is 24.2 Å². The molecule has 0 spiro atoms. The molecule has 0 unspecified atom stereocenters. The minimum atomic E-state index is -0.398. The van der Waals surface area contributed by atoms with Crippen LogP contribution in [0.3, 0.4) is 0 Å². The number of carbonyl (C=O) groups excluding carboxylic acids is 1. The Morgan fingerprint density at radius 3 is 2.64 bits per heavy atom. The van der Waals surface area contributed by atoms with Gasteiger partial charge in [-0.2, -0.15) is 0 Å². The first-order chi connectivity index (χ1) is 11.8. The molecule has 1 aromatic carbocycles. The van der Waals surface area contributed by atoms with E-state index in [0.717, 1.165) is 12.1 Å². The molecule has 3 rings (SSSR count). The first-order valence-corrected chi connectivity index (χ1v) is 8.46. The summed E-state index contributed by atoms with van der Waals surface area (Å²) in [7, 11) is 0. The molecule has 0 aliphatic carbocycles. The Kier molecular flexibility index (Phi) is 4.51. The molecule has 7 heteroatoms.